The summed E-state index contributed by atoms with van der Waals surface area (Å²) in [6.07, 6.45) is 2.03. The van der Waals surface area contributed by atoms with E-state index in [1.165, 1.54) is 0 Å². The minimum atomic E-state index is -0.0290. The third-order valence-corrected chi connectivity index (χ3v) is 3.91. The van der Waals surface area contributed by atoms with Gasteiger partial charge in [0.2, 0.25) is 0 Å². The van der Waals surface area contributed by atoms with Gasteiger partial charge in [0.15, 0.2) is 0 Å². The Bertz CT molecular complexity index is 484. The van der Waals surface area contributed by atoms with E-state index >= 15 is 0 Å². The standard InChI is InChI=1S/C16H25N3O2/c1-4-17-15-10-14(9-11(2)18-15)16(20)19-12(3)13-5-7-21-8-6-13/h9-10,12-13H,4-8H2,1-3H3,(H,17,18)(H,19,20). The van der Waals surface area contributed by atoms with Crippen molar-refractivity contribution >= 4 is 11.7 Å². The number of aromatic nitrogens is 1. The molecule has 1 aliphatic rings. The molecule has 1 atom stereocenters. The second kappa shape index (κ2) is 7.41. The van der Waals surface area contributed by atoms with E-state index in [4.69, 9.17) is 4.74 Å². The summed E-state index contributed by atoms with van der Waals surface area (Å²) in [6, 6.07) is 3.80. The van der Waals surface area contributed by atoms with Crippen molar-refractivity contribution in [3.05, 3.63) is 23.4 Å². The van der Waals surface area contributed by atoms with Crippen LogP contribution in [0.2, 0.25) is 0 Å². The molecule has 5 nitrogen and oxygen atoms in total. The lowest BCUT2D eigenvalue weighted by Crippen LogP contribution is -2.40. The van der Waals surface area contributed by atoms with Crippen molar-refractivity contribution in [3.8, 4) is 0 Å². The van der Waals surface area contributed by atoms with Crippen LogP contribution in [-0.4, -0.2) is 36.7 Å². The van der Waals surface area contributed by atoms with Crippen molar-refractivity contribution in [1.82, 2.24) is 10.3 Å². The van der Waals surface area contributed by atoms with Crippen LogP contribution in [0.4, 0.5) is 5.82 Å². The summed E-state index contributed by atoms with van der Waals surface area (Å²) < 4.78 is 5.37. The number of hydrogen-bond acceptors (Lipinski definition) is 4. The molecule has 0 saturated carbocycles. The van der Waals surface area contributed by atoms with Gasteiger partial charge in [-0.3, -0.25) is 4.79 Å². The van der Waals surface area contributed by atoms with E-state index in [-0.39, 0.29) is 11.9 Å². The molecular weight excluding hydrogens is 266 g/mol. The number of pyridine rings is 1. The fourth-order valence-corrected chi connectivity index (χ4v) is 2.70. The topological polar surface area (TPSA) is 63.2 Å². The van der Waals surface area contributed by atoms with Crippen molar-refractivity contribution in [2.75, 3.05) is 25.1 Å². The van der Waals surface area contributed by atoms with Gasteiger partial charge in [-0.05, 0) is 51.7 Å². The Labute approximate surface area is 126 Å². The molecule has 1 unspecified atom stereocenters. The van der Waals surface area contributed by atoms with Crippen molar-refractivity contribution in [2.45, 2.75) is 39.7 Å². The van der Waals surface area contributed by atoms with Gasteiger partial charge in [-0.2, -0.15) is 0 Å². The van der Waals surface area contributed by atoms with E-state index in [9.17, 15) is 4.79 Å². The largest absolute Gasteiger partial charge is 0.381 e. The summed E-state index contributed by atoms with van der Waals surface area (Å²) in [5, 5.41) is 6.27. The van der Waals surface area contributed by atoms with Gasteiger partial charge in [0.1, 0.15) is 5.82 Å². The molecule has 0 spiro atoms. The number of ether oxygens (including phenoxy) is 1. The smallest absolute Gasteiger partial charge is 0.251 e. The minimum absolute atomic E-state index is 0.0290. The molecule has 116 valence electrons. The molecule has 0 bridgehead atoms. The summed E-state index contributed by atoms with van der Waals surface area (Å²) in [4.78, 5) is 16.8. The van der Waals surface area contributed by atoms with Crippen LogP contribution in [-0.2, 0) is 4.74 Å². The Morgan fingerprint density at radius 2 is 2.14 bits per heavy atom. The van der Waals surface area contributed by atoms with E-state index in [0.717, 1.165) is 44.1 Å². The van der Waals surface area contributed by atoms with Crippen LogP contribution < -0.4 is 10.6 Å². The molecule has 21 heavy (non-hydrogen) atoms. The van der Waals surface area contributed by atoms with Gasteiger partial charge in [-0.15, -0.1) is 0 Å². The first-order chi connectivity index (χ1) is 10.1. The summed E-state index contributed by atoms with van der Waals surface area (Å²) in [5.74, 6) is 1.22. The zero-order valence-electron chi connectivity index (χ0n) is 13.1. The van der Waals surface area contributed by atoms with E-state index in [1.807, 2.05) is 26.0 Å². The normalized spacial score (nSPS) is 17.3. The Morgan fingerprint density at radius 3 is 2.81 bits per heavy atom. The lowest BCUT2D eigenvalue weighted by molar-refractivity contribution is 0.0538. The predicted octanol–water partition coefficient (Wildman–Crippen LogP) is 2.37. The molecule has 5 heteroatoms. The van der Waals surface area contributed by atoms with Crippen LogP contribution >= 0.6 is 0 Å². The molecule has 0 aromatic carbocycles. The molecule has 2 N–H and O–H groups in total. The number of anilines is 1. The van der Waals surface area contributed by atoms with Gasteiger partial charge in [0, 0.05) is 37.1 Å². The minimum Gasteiger partial charge on any atom is -0.381 e. The van der Waals surface area contributed by atoms with Gasteiger partial charge in [0.05, 0.1) is 0 Å². The highest BCUT2D eigenvalue weighted by Crippen LogP contribution is 2.19. The van der Waals surface area contributed by atoms with Crippen LogP contribution in [0.3, 0.4) is 0 Å². The summed E-state index contributed by atoms with van der Waals surface area (Å²) in [5.41, 5.74) is 1.51. The average molecular weight is 291 g/mol. The summed E-state index contributed by atoms with van der Waals surface area (Å²) in [7, 11) is 0. The molecule has 1 amide bonds. The van der Waals surface area contributed by atoms with Crippen LogP contribution in [0.25, 0.3) is 0 Å². The number of hydrogen-bond donors (Lipinski definition) is 2. The number of carbonyl (C=O) groups excluding carboxylic acids is 1. The number of rotatable bonds is 5. The maximum absolute atomic E-state index is 12.4. The molecule has 2 heterocycles. The summed E-state index contributed by atoms with van der Waals surface area (Å²) >= 11 is 0. The predicted molar refractivity (Wildman–Crippen MR) is 83.6 cm³/mol. The zero-order valence-corrected chi connectivity index (χ0v) is 13.1. The molecule has 1 aromatic rings. The fraction of sp³-hybridized carbons (Fsp3) is 0.625. The van der Waals surface area contributed by atoms with Crippen molar-refractivity contribution < 1.29 is 9.53 Å². The number of amides is 1. The SMILES string of the molecule is CCNc1cc(C(=O)NC(C)C2CCOCC2)cc(C)n1. The van der Waals surface area contributed by atoms with Gasteiger partial charge in [-0.1, -0.05) is 0 Å². The van der Waals surface area contributed by atoms with Gasteiger partial charge < -0.3 is 15.4 Å². The fourth-order valence-electron chi connectivity index (χ4n) is 2.70. The Morgan fingerprint density at radius 1 is 1.43 bits per heavy atom. The molecule has 0 aliphatic carbocycles. The lowest BCUT2D eigenvalue weighted by Gasteiger charge is -2.28. The van der Waals surface area contributed by atoms with E-state index in [1.54, 1.807) is 0 Å². The van der Waals surface area contributed by atoms with Crippen molar-refractivity contribution in [3.63, 3.8) is 0 Å². The van der Waals surface area contributed by atoms with Crippen LogP contribution in [0.5, 0.6) is 0 Å². The first-order valence-electron chi connectivity index (χ1n) is 7.71. The van der Waals surface area contributed by atoms with Crippen molar-refractivity contribution in [2.24, 2.45) is 5.92 Å². The number of carbonyl (C=O) groups is 1. The first kappa shape index (κ1) is 15.8. The third kappa shape index (κ3) is 4.43. The monoisotopic (exact) mass is 291 g/mol. The van der Waals surface area contributed by atoms with Crippen LogP contribution in [0, 0.1) is 12.8 Å². The maximum atomic E-state index is 12.4. The van der Waals surface area contributed by atoms with E-state index in [2.05, 4.69) is 22.5 Å². The first-order valence-corrected chi connectivity index (χ1v) is 7.71. The molecule has 1 aliphatic heterocycles. The number of nitrogens with zero attached hydrogens (tertiary/aromatic N) is 1. The average Bonchev–Trinajstić information content (AvgIpc) is 2.48. The highest BCUT2D eigenvalue weighted by molar-refractivity contribution is 5.95. The summed E-state index contributed by atoms with van der Waals surface area (Å²) in [6.45, 7) is 8.37. The highest BCUT2D eigenvalue weighted by Gasteiger charge is 2.22. The zero-order chi connectivity index (χ0) is 15.2. The molecule has 1 aromatic heterocycles. The van der Waals surface area contributed by atoms with Crippen LogP contribution in [0.1, 0.15) is 42.7 Å². The third-order valence-electron chi connectivity index (χ3n) is 3.91. The Hall–Kier alpha value is -1.62. The van der Waals surface area contributed by atoms with Gasteiger partial charge in [-0.25, -0.2) is 4.98 Å². The second-order valence-corrected chi connectivity index (χ2v) is 5.62. The highest BCUT2D eigenvalue weighted by atomic mass is 16.5. The molecular formula is C16H25N3O2. The molecule has 0 radical (unpaired) electrons. The van der Waals surface area contributed by atoms with E-state index in [0.29, 0.717) is 11.5 Å². The molecule has 1 fully saturated rings. The van der Waals surface area contributed by atoms with Gasteiger partial charge >= 0.3 is 0 Å². The number of aryl methyl sites for hydroxylation is 1. The lowest BCUT2D eigenvalue weighted by atomic mass is 9.93. The Kier molecular flexibility index (Phi) is 5.56. The maximum Gasteiger partial charge on any atom is 0.251 e. The second-order valence-electron chi connectivity index (χ2n) is 5.62. The van der Waals surface area contributed by atoms with Crippen LogP contribution in [0.15, 0.2) is 12.1 Å². The number of nitrogens with one attached hydrogen (secondary N) is 2. The van der Waals surface area contributed by atoms with E-state index < -0.39 is 0 Å². The van der Waals surface area contributed by atoms with Crippen molar-refractivity contribution in [1.29, 1.82) is 0 Å². The Balaban J connectivity index is 2.01. The molecule has 2 rings (SSSR count). The quantitative estimate of drug-likeness (QED) is 0.874. The van der Waals surface area contributed by atoms with Gasteiger partial charge in [0.25, 0.3) is 5.91 Å². The molecule has 1 saturated heterocycles.